The monoisotopic (exact) mass is 502 g/mol. The number of hydrogen-bond donors (Lipinski definition) is 0. The molecule has 3 rings (SSSR count). The molecule has 0 N–H and O–H groups in total. The van der Waals surface area contributed by atoms with Gasteiger partial charge in [-0.3, -0.25) is 13.8 Å². The molecular weight excluding hydrogens is 483 g/mol. The number of halogens is 1. The topological polar surface area (TPSA) is 122 Å². The van der Waals surface area contributed by atoms with Crippen molar-refractivity contribution in [3.8, 4) is 0 Å². The van der Waals surface area contributed by atoms with Gasteiger partial charge in [0.05, 0.1) is 13.0 Å². The Morgan fingerprint density at radius 1 is 1.27 bits per heavy atom. The van der Waals surface area contributed by atoms with Crippen LogP contribution >= 0.6 is 22.6 Å². The normalized spacial score (nSPS) is 37.2. The summed E-state index contributed by atoms with van der Waals surface area (Å²) in [5.41, 5.74) is 0. The zero-order chi connectivity index (χ0) is 19.2. The van der Waals surface area contributed by atoms with E-state index in [0.29, 0.717) is 12.8 Å². The SMILES string of the molecule is CCC(I)C(=O)OCC(=O)OC1C2CC3C1OS(=O)(=O)C3C2C(=O)OC. The minimum absolute atomic E-state index is 0.365. The van der Waals surface area contributed by atoms with Crippen LogP contribution in [0.5, 0.6) is 0 Å². The first-order valence-corrected chi connectivity index (χ1v) is 10.9. The van der Waals surface area contributed by atoms with Crippen molar-refractivity contribution in [2.24, 2.45) is 17.8 Å². The molecule has 3 aliphatic rings. The predicted octanol–water partition coefficient (Wildman–Crippen LogP) is 0.191. The summed E-state index contributed by atoms with van der Waals surface area (Å²) >= 11 is 1.91. The Bertz CT molecular complexity index is 721. The van der Waals surface area contributed by atoms with Crippen molar-refractivity contribution < 1.29 is 41.2 Å². The van der Waals surface area contributed by atoms with Gasteiger partial charge in [0, 0.05) is 11.8 Å². The summed E-state index contributed by atoms with van der Waals surface area (Å²) in [6.45, 7) is 1.24. The minimum Gasteiger partial charge on any atom is -0.469 e. The first-order chi connectivity index (χ1) is 12.2. The highest BCUT2D eigenvalue weighted by Gasteiger charge is 2.72. The third-order valence-electron chi connectivity index (χ3n) is 5.22. The molecule has 0 aromatic carbocycles. The molecule has 7 unspecified atom stereocenters. The second kappa shape index (κ2) is 7.23. The molecule has 7 atom stereocenters. The van der Waals surface area contributed by atoms with Gasteiger partial charge in [0.2, 0.25) is 0 Å². The van der Waals surface area contributed by atoms with E-state index >= 15 is 0 Å². The van der Waals surface area contributed by atoms with E-state index in [4.69, 9.17) is 18.4 Å². The number of hydrogen-bond acceptors (Lipinski definition) is 9. The maximum atomic E-state index is 12.2. The van der Waals surface area contributed by atoms with Crippen LogP contribution in [0.2, 0.25) is 0 Å². The van der Waals surface area contributed by atoms with Gasteiger partial charge >= 0.3 is 17.9 Å². The summed E-state index contributed by atoms with van der Waals surface area (Å²) in [5.74, 6) is -3.81. The van der Waals surface area contributed by atoms with Gasteiger partial charge in [-0.05, 0) is 12.8 Å². The standard InChI is InChI=1S/C15H19IO9S/c1-3-8(16)14(18)23-5-9(17)24-11-6-4-7-12(11)25-26(20,21)13(7)10(6)15(19)22-2/h6-8,10-13H,3-5H2,1-2H3. The number of carbonyl (C=O) groups excluding carboxylic acids is 3. The Morgan fingerprint density at radius 2 is 1.96 bits per heavy atom. The average Bonchev–Trinajstić information content (AvgIpc) is 3.20. The van der Waals surface area contributed by atoms with Crippen LogP contribution in [0.4, 0.5) is 0 Å². The summed E-state index contributed by atoms with van der Waals surface area (Å²) in [6.07, 6.45) is -0.719. The number of methoxy groups -OCH3 is 1. The fourth-order valence-electron chi connectivity index (χ4n) is 4.16. The summed E-state index contributed by atoms with van der Waals surface area (Å²) < 4.78 is 44.2. The largest absolute Gasteiger partial charge is 0.469 e. The van der Waals surface area contributed by atoms with E-state index in [1.165, 1.54) is 7.11 Å². The molecule has 0 spiro atoms. The Labute approximate surface area is 164 Å². The third kappa shape index (κ3) is 3.21. The molecule has 0 aromatic heterocycles. The quantitative estimate of drug-likeness (QED) is 0.165. The molecule has 26 heavy (non-hydrogen) atoms. The zero-order valence-corrected chi connectivity index (χ0v) is 17.1. The number of rotatable bonds is 6. The fraction of sp³-hybridized carbons (Fsp3) is 0.800. The lowest BCUT2D eigenvalue weighted by Gasteiger charge is -2.29. The first kappa shape index (κ1) is 19.8. The van der Waals surface area contributed by atoms with Crippen LogP contribution in [0.25, 0.3) is 0 Å². The minimum atomic E-state index is -3.92. The van der Waals surface area contributed by atoms with Gasteiger partial charge in [0.25, 0.3) is 10.1 Å². The third-order valence-corrected chi connectivity index (χ3v) is 8.40. The van der Waals surface area contributed by atoms with Crippen LogP contribution in [0.3, 0.4) is 0 Å². The van der Waals surface area contributed by atoms with E-state index < -0.39 is 69.8 Å². The van der Waals surface area contributed by atoms with Crippen LogP contribution in [0.15, 0.2) is 0 Å². The van der Waals surface area contributed by atoms with Gasteiger partial charge < -0.3 is 14.2 Å². The number of fused-ring (bicyclic) bond motifs is 1. The summed E-state index contributed by atoms with van der Waals surface area (Å²) in [4.78, 5) is 35.8. The van der Waals surface area contributed by atoms with E-state index in [9.17, 15) is 22.8 Å². The molecule has 146 valence electrons. The van der Waals surface area contributed by atoms with Gasteiger partial charge in [-0.25, -0.2) is 4.79 Å². The zero-order valence-electron chi connectivity index (χ0n) is 14.1. The first-order valence-electron chi connectivity index (χ1n) is 8.21. The van der Waals surface area contributed by atoms with Crippen LogP contribution < -0.4 is 0 Å². The van der Waals surface area contributed by atoms with Crippen molar-refractivity contribution in [2.75, 3.05) is 13.7 Å². The van der Waals surface area contributed by atoms with E-state index in [1.54, 1.807) is 0 Å². The van der Waals surface area contributed by atoms with Gasteiger partial charge in [-0.2, -0.15) is 8.42 Å². The van der Waals surface area contributed by atoms with E-state index in [2.05, 4.69) is 0 Å². The second-order valence-corrected chi connectivity index (χ2v) is 9.79. The average molecular weight is 502 g/mol. The molecule has 1 aliphatic heterocycles. The smallest absolute Gasteiger partial charge is 0.344 e. The molecule has 2 bridgehead atoms. The molecule has 0 amide bonds. The van der Waals surface area contributed by atoms with Crippen LogP contribution in [-0.4, -0.2) is 61.4 Å². The summed E-state index contributed by atoms with van der Waals surface area (Å²) in [5, 5.41) is -0.956. The molecule has 2 saturated carbocycles. The Hall–Kier alpha value is -0.950. The number of carbonyl (C=O) groups is 3. The molecule has 0 radical (unpaired) electrons. The van der Waals surface area contributed by atoms with E-state index in [0.717, 1.165) is 0 Å². The van der Waals surface area contributed by atoms with Crippen LogP contribution in [0.1, 0.15) is 19.8 Å². The number of esters is 3. The lowest BCUT2D eigenvalue weighted by Crippen LogP contribution is -2.46. The predicted molar refractivity (Wildman–Crippen MR) is 93.6 cm³/mol. The number of ether oxygens (including phenoxy) is 3. The maximum Gasteiger partial charge on any atom is 0.344 e. The Kier molecular flexibility index (Phi) is 5.50. The van der Waals surface area contributed by atoms with Crippen LogP contribution in [0, 0.1) is 17.8 Å². The maximum absolute atomic E-state index is 12.2. The van der Waals surface area contributed by atoms with Gasteiger partial charge in [-0.1, -0.05) is 29.5 Å². The highest BCUT2D eigenvalue weighted by atomic mass is 127. The van der Waals surface area contributed by atoms with E-state index in [1.807, 2.05) is 29.5 Å². The summed E-state index contributed by atoms with van der Waals surface area (Å²) in [7, 11) is -2.74. The van der Waals surface area contributed by atoms with Crippen LogP contribution in [-0.2, 0) is 42.9 Å². The molecule has 11 heteroatoms. The molecule has 1 saturated heterocycles. The molecule has 9 nitrogen and oxygen atoms in total. The van der Waals surface area contributed by atoms with Crippen molar-refractivity contribution in [2.45, 2.75) is 41.1 Å². The second-order valence-electron chi connectivity index (χ2n) is 6.57. The highest BCUT2D eigenvalue weighted by molar-refractivity contribution is 14.1. The lowest BCUT2D eigenvalue weighted by atomic mass is 9.84. The highest BCUT2D eigenvalue weighted by Crippen LogP contribution is 2.58. The van der Waals surface area contributed by atoms with Crippen molar-refractivity contribution >= 4 is 50.6 Å². The molecular formula is C15H19IO9S. The fourth-order valence-corrected chi connectivity index (χ4v) is 6.40. The molecule has 0 aromatic rings. The van der Waals surface area contributed by atoms with Crippen molar-refractivity contribution in [1.29, 1.82) is 0 Å². The van der Waals surface area contributed by atoms with Crippen molar-refractivity contribution in [1.82, 2.24) is 0 Å². The van der Waals surface area contributed by atoms with Crippen molar-refractivity contribution in [3.05, 3.63) is 0 Å². The van der Waals surface area contributed by atoms with E-state index in [-0.39, 0.29) is 3.92 Å². The molecule has 1 heterocycles. The summed E-state index contributed by atoms with van der Waals surface area (Å²) in [6, 6.07) is 0. The Balaban J connectivity index is 1.69. The van der Waals surface area contributed by atoms with Gasteiger partial charge in [0.15, 0.2) is 6.61 Å². The van der Waals surface area contributed by atoms with Gasteiger partial charge in [0.1, 0.15) is 21.4 Å². The van der Waals surface area contributed by atoms with Gasteiger partial charge in [-0.15, -0.1) is 0 Å². The lowest BCUT2D eigenvalue weighted by molar-refractivity contribution is -0.170. The molecule has 3 fully saturated rings. The number of alkyl halides is 1. The Morgan fingerprint density at radius 3 is 2.58 bits per heavy atom. The molecule has 2 aliphatic carbocycles. The van der Waals surface area contributed by atoms with Crippen molar-refractivity contribution in [3.63, 3.8) is 0 Å².